The molecule has 0 aliphatic heterocycles. The second-order valence-corrected chi connectivity index (χ2v) is 6.11. The molecule has 0 spiro atoms. The van der Waals surface area contributed by atoms with Crippen LogP contribution in [0.25, 0.3) is 11.0 Å². The first kappa shape index (κ1) is 19.2. The highest BCUT2D eigenvalue weighted by Gasteiger charge is 2.17. The van der Waals surface area contributed by atoms with E-state index < -0.39 is 6.04 Å². The van der Waals surface area contributed by atoms with Gasteiger partial charge in [-0.15, -0.1) is 0 Å². The molecule has 0 bridgehead atoms. The number of ether oxygens (including phenoxy) is 3. The fourth-order valence-electron chi connectivity index (χ4n) is 2.84. The molecule has 4 N–H and O–H groups in total. The first-order valence-electron chi connectivity index (χ1n) is 8.54. The molecule has 0 saturated carbocycles. The topological polar surface area (TPSA) is 117 Å². The molecule has 1 amide bonds. The minimum absolute atomic E-state index is 0.244. The van der Waals surface area contributed by atoms with Gasteiger partial charge in [-0.05, 0) is 25.1 Å². The number of anilines is 2. The molecule has 28 heavy (non-hydrogen) atoms. The van der Waals surface area contributed by atoms with E-state index in [9.17, 15) is 9.59 Å². The Balaban J connectivity index is 1.75. The van der Waals surface area contributed by atoms with Crippen molar-refractivity contribution in [1.82, 2.24) is 9.97 Å². The number of carbonyl (C=O) groups is 1. The maximum Gasteiger partial charge on any atom is 0.323 e. The fourth-order valence-corrected chi connectivity index (χ4v) is 2.84. The number of nitrogens with one attached hydrogen (secondary N) is 4. The standard InChI is InChI=1S/C19H22N4O5/c1-10(20-12-8-15(26-2)17(28-4)16(9-12)27-3)18(24)21-11-5-6-13-14(7-11)23-19(25)22-13/h5-10,20H,1-4H3,(H,21,24)(H2,22,23,25). The van der Waals surface area contributed by atoms with E-state index in [-0.39, 0.29) is 11.6 Å². The quantitative estimate of drug-likeness (QED) is 0.495. The smallest absolute Gasteiger partial charge is 0.323 e. The van der Waals surface area contributed by atoms with Crippen molar-refractivity contribution in [3.63, 3.8) is 0 Å². The van der Waals surface area contributed by atoms with E-state index in [1.54, 1.807) is 37.3 Å². The van der Waals surface area contributed by atoms with Gasteiger partial charge < -0.3 is 34.8 Å². The second kappa shape index (κ2) is 7.95. The Kier molecular flexibility index (Phi) is 5.44. The number of methoxy groups -OCH3 is 3. The Morgan fingerprint density at radius 2 is 1.57 bits per heavy atom. The Hall–Kier alpha value is -3.62. The van der Waals surface area contributed by atoms with Crippen LogP contribution in [0.1, 0.15) is 6.92 Å². The molecule has 3 rings (SSSR count). The van der Waals surface area contributed by atoms with Crippen molar-refractivity contribution in [3.05, 3.63) is 40.8 Å². The Bertz CT molecular complexity index is 1030. The van der Waals surface area contributed by atoms with Crippen LogP contribution in [-0.4, -0.2) is 43.2 Å². The molecular weight excluding hydrogens is 364 g/mol. The van der Waals surface area contributed by atoms with Crippen LogP contribution in [0.4, 0.5) is 11.4 Å². The van der Waals surface area contributed by atoms with Gasteiger partial charge >= 0.3 is 5.69 Å². The molecule has 148 valence electrons. The number of amides is 1. The van der Waals surface area contributed by atoms with Crippen molar-refractivity contribution >= 4 is 28.3 Å². The van der Waals surface area contributed by atoms with E-state index in [2.05, 4.69) is 20.6 Å². The number of H-pyrrole nitrogens is 2. The number of rotatable bonds is 7. The number of carbonyl (C=O) groups excluding carboxylic acids is 1. The van der Waals surface area contributed by atoms with Gasteiger partial charge in [0.15, 0.2) is 11.5 Å². The number of benzene rings is 2. The second-order valence-electron chi connectivity index (χ2n) is 6.11. The van der Waals surface area contributed by atoms with Gasteiger partial charge in [-0.2, -0.15) is 0 Å². The number of hydrogen-bond donors (Lipinski definition) is 4. The number of hydrogen-bond acceptors (Lipinski definition) is 6. The van der Waals surface area contributed by atoms with Gasteiger partial charge in [0, 0.05) is 23.5 Å². The Morgan fingerprint density at radius 1 is 0.929 bits per heavy atom. The lowest BCUT2D eigenvalue weighted by molar-refractivity contribution is -0.116. The van der Waals surface area contributed by atoms with Crippen molar-refractivity contribution in [2.75, 3.05) is 32.0 Å². The lowest BCUT2D eigenvalue weighted by atomic mass is 10.2. The molecule has 9 nitrogen and oxygen atoms in total. The predicted octanol–water partition coefficient (Wildman–Crippen LogP) is 2.32. The molecular formula is C19H22N4O5. The van der Waals surface area contributed by atoms with Crippen LogP contribution in [0.2, 0.25) is 0 Å². The molecule has 3 aromatic rings. The maximum absolute atomic E-state index is 12.5. The van der Waals surface area contributed by atoms with Crippen LogP contribution >= 0.6 is 0 Å². The van der Waals surface area contributed by atoms with Crippen LogP contribution < -0.4 is 30.5 Å². The average Bonchev–Trinajstić information content (AvgIpc) is 3.06. The van der Waals surface area contributed by atoms with Crippen LogP contribution in [0, 0.1) is 0 Å². The zero-order chi connectivity index (χ0) is 20.3. The van der Waals surface area contributed by atoms with Crippen LogP contribution in [0.3, 0.4) is 0 Å². The van der Waals surface area contributed by atoms with Crippen molar-refractivity contribution in [2.24, 2.45) is 0 Å². The molecule has 2 aromatic carbocycles. The molecule has 0 saturated heterocycles. The summed E-state index contributed by atoms with van der Waals surface area (Å²) in [5, 5.41) is 5.93. The highest BCUT2D eigenvalue weighted by Crippen LogP contribution is 2.40. The maximum atomic E-state index is 12.5. The molecule has 0 aliphatic carbocycles. The molecule has 1 heterocycles. The van der Waals surface area contributed by atoms with Crippen molar-refractivity contribution < 1.29 is 19.0 Å². The van der Waals surface area contributed by atoms with Crippen LogP contribution in [0.15, 0.2) is 35.1 Å². The summed E-state index contributed by atoms with van der Waals surface area (Å²) >= 11 is 0. The number of fused-ring (bicyclic) bond motifs is 1. The van der Waals surface area contributed by atoms with Gasteiger partial charge in [-0.25, -0.2) is 4.79 Å². The molecule has 9 heteroatoms. The molecule has 0 fully saturated rings. The Labute approximate surface area is 161 Å². The lowest BCUT2D eigenvalue weighted by Crippen LogP contribution is -2.31. The first-order chi connectivity index (χ1) is 13.4. The van der Waals surface area contributed by atoms with Crippen LogP contribution in [0.5, 0.6) is 17.2 Å². The van der Waals surface area contributed by atoms with Crippen LogP contribution in [-0.2, 0) is 4.79 Å². The van der Waals surface area contributed by atoms with Crippen molar-refractivity contribution in [1.29, 1.82) is 0 Å². The third-order valence-corrected chi connectivity index (χ3v) is 4.22. The summed E-state index contributed by atoms with van der Waals surface area (Å²) in [6, 6.07) is 8.03. The van der Waals surface area contributed by atoms with E-state index in [4.69, 9.17) is 14.2 Å². The first-order valence-corrected chi connectivity index (χ1v) is 8.54. The Morgan fingerprint density at radius 3 is 2.18 bits per heavy atom. The molecule has 1 unspecified atom stereocenters. The SMILES string of the molecule is COc1cc(NC(C)C(=O)Nc2ccc3[nH]c(=O)[nH]c3c2)cc(OC)c1OC. The molecule has 0 radical (unpaired) electrons. The van der Waals surface area contributed by atoms with Gasteiger partial charge in [0.25, 0.3) is 0 Å². The number of aromatic amines is 2. The third-order valence-electron chi connectivity index (χ3n) is 4.22. The summed E-state index contributed by atoms with van der Waals surface area (Å²) in [5.74, 6) is 1.20. The van der Waals surface area contributed by atoms with E-state index in [0.717, 1.165) is 0 Å². The van der Waals surface area contributed by atoms with E-state index in [1.165, 1.54) is 21.3 Å². The van der Waals surface area contributed by atoms with Gasteiger partial charge in [0.1, 0.15) is 6.04 Å². The summed E-state index contributed by atoms with van der Waals surface area (Å²) in [6.45, 7) is 1.73. The fraction of sp³-hybridized carbons (Fsp3) is 0.263. The van der Waals surface area contributed by atoms with E-state index in [0.29, 0.717) is 39.7 Å². The zero-order valence-electron chi connectivity index (χ0n) is 16.0. The largest absolute Gasteiger partial charge is 0.493 e. The number of imidazole rings is 1. The molecule has 0 aliphatic rings. The van der Waals surface area contributed by atoms with Crippen molar-refractivity contribution in [3.8, 4) is 17.2 Å². The highest BCUT2D eigenvalue weighted by molar-refractivity contribution is 5.97. The van der Waals surface area contributed by atoms with Crippen molar-refractivity contribution in [2.45, 2.75) is 13.0 Å². The third kappa shape index (κ3) is 3.88. The monoisotopic (exact) mass is 386 g/mol. The van der Waals surface area contributed by atoms with Gasteiger partial charge in [-0.3, -0.25) is 4.79 Å². The number of aromatic nitrogens is 2. The lowest BCUT2D eigenvalue weighted by Gasteiger charge is -2.18. The molecule has 1 atom stereocenters. The summed E-state index contributed by atoms with van der Waals surface area (Å²) < 4.78 is 15.9. The minimum atomic E-state index is -0.552. The highest BCUT2D eigenvalue weighted by atomic mass is 16.5. The zero-order valence-corrected chi connectivity index (χ0v) is 16.0. The molecule has 1 aromatic heterocycles. The summed E-state index contributed by atoms with van der Waals surface area (Å²) in [5.41, 5.74) is 2.21. The van der Waals surface area contributed by atoms with Gasteiger partial charge in [-0.1, -0.05) is 0 Å². The minimum Gasteiger partial charge on any atom is -0.493 e. The summed E-state index contributed by atoms with van der Waals surface area (Å²) in [4.78, 5) is 29.2. The average molecular weight is 386 g/mol. The van der Waals surface area contributed by atoms with Gasteiger partial charge in [0.05, 0.1) is 32.4 Å². The normalized spacial score (nSPS) is 11.7. The summed E-state index contributed by atoms with van der Waals surface area (Å²) in [6.07, 6.45) is 0. The van der Waals surface area contributed by atoms with E-state index >= 15 is 0 Å². The van der Waals surface area contributed by atoms with Gasteiger partial charge in [0.2, 0.25) is 11.7 Å². The predicted molar refractivity (Wildman–Crippen MR) is 107 cm³/mol. The van der Waals surface area contributed by atoms with E-state index in [1.807, 2.05) is 0 Å². The summed E-state index contributed by atoms with van der Waals surface area (Å²) in [7, 11) is 4.58.